The molecule has 22 heavy (non-hydrogen) atoms. The van der Waals surface area contributed by atoms with Crippen LogP contribution in [0.15, 0.2) is 18.2 Å². The first-order chi connectivity index (χ1) is 10.6. The maximum Gasteiger partial charge on any atom is 0.303 e. The lowest BCUT2D eigenvalue weighted by Crippen LogP contribution is -2.24. The highest BCUT2D eigenvalue weighted by molar-refractivity contribution is 5.95. The van der Waals surface area contributed by atoms with Gasteiger partial charge in [-0.2, -0.15) is 0 Å². The summed E-state index contributed by atoms with van der Waals surface area (Å²) in [6.07, 6.45) is 3.46. The molecule has 0 spiro atoms. The molecule has 1 rings (SSSR count). The van der Waals surface area contributed by atoms with Crippen LogP contribution in [0.2, 0.25) is 0 Å². The quantitative estimate of drug-likeness (QED) is 0.649. The first-order valence-corrected chi connectivity index (χ1v) is 7.30. The molecule has 122 valence electrons. The largest absolute Gasteiger partial charge is 0.497 e. The van der Waals surface area contributed by atoms with Gasteiger partial charge in [-0.25, -0.2) is 0 Å². The minimum atomic E-state index is -0.764. The molecule has 6 heteroatoms. The predicted molar refractivity (Wildman–Crippen MR) is 82.6 cm³/mol. The van der Waals surface area contributed by atoms with E-state index in [0.717, 1.165) is 19.3 Å². The van der Waals surface area contributed by atoms with Crippen LogP contribution in [0.25, 0.3) is 0 Å². The van der Waals surface area contributed by atoms with Crippen molar-refractivity contribution in [3.63, 3.8) is 0 Å². The zero-order valence-corrected chi connectivity index (χ0v) is 13.1. The van der Waals surface area contributed by atoms with E-state index in [2.05, 4.69) is 5.32 Å². The minimum Gasteiger partial charge on any atom is -0.497 e. The summed E-state index contributed by atoms with van der Waals surface area (Å²) in [6, 6.07) is 5.02. The Morgan fingerprint density at radius 2 is 1.59 bits per heavy atom. The van der Waals surface area contributed by atoms with E-state index in [9.17, 15) is 9.59 Å². The number of aliphatic carboxylic acids is 1. The summed E-state index contributed by atoms with van der Waals surface area (Å²) in [5.74, 6) is 0.194. The fourth-order valence-corrected chi connectivity index (χ4v) is 2.00. The molecular formula is C16H23NO5. The Morgan fingerprint density at radius 1 is 1.00 bits per heavy atom. The number of amides is 1. The first kappa shape index (κ1) is 17.8. The summed E-state index contributed by atoms with van der Waals surface area (Å²) in [5, 5.41) is 11.4. The van der Waals surface area contributed by atoms with Gasteiger partial charge in [0.25, 0.3) is 5.91 Å². The van der Waals surface area contributed by atoms with Gasteiger partial charge in [-0.15, -0.1) is 0 Å². The van der Waals surface area contributed by atoms with Crippen LogP contribution in [-0.2, 0) is 4.79 Å². The van der Waals surface area contributed by atoms with Crippen LogP contribution in [-0.4, -0.2) is 37.7 Å². The normalized spacial score (nSPS) is 10.1. The average Bonchev–Trinajstić information content (AvgIpc) is 2.52. The standard InChI is InChI=1S/C16H23NO5/c1-21-13-9-12(10-14(11-13)22-2)16(20)17-8-6-4-3-5-7-15(18)19/h9-11H,3-8H2,1-2H3,(H,17,20)(H,18,19). The monoisotopic (exact) mass is 309 g/mol. The number of benzene rings is 1. The van der Waals surface area contributed by atoms with Crippen molar-refractivity contribution in [2.75, 3.05) is 20.8 Å². The zero-order valence-electron chi connectivity index (χ0n) is 13.1. The fourth-order valence-electron chi connectivity index (χ4n) is 2.00. The van der Waals surface area contributed by atoms with Crippen molar-refractivity contribution in [2.24, 2.45) is 0 Å². The lowest BCUT2D eigenvalue weighted by Gasteiger charge is -2.09. The summed E-state index contributed by atoms with van der Waals surface area (Å²) in [7, 11) is 3.07. The lowest BCUT2D eigenvalue weighted by molar-refractivity contribution is -0.137. The first-order valence-electron chi connectivity index (χ1n) is 7.30. The van der Waals surface area contributed by atoms with Crippen molar-refractivity contribution in [1.29, 1.82) is 0 Å². The highest BCUT2D eigenvalue weighted by Gasteiger charge is 2.09. The van der Waals surface area contributed by atoms with E-state index >= 15 is 0 Å². The molecule has 0 heterocycles. The molecule has 0 fully saturated rings. The van der Waals surface area contributed by atoms with Crippen LogP contribution in [0.5, 0.6) is 11.5 Å². The molecule has 1 aromatic carbocycles. The van der Waals surface area contributed by atoms with Crippen molar-refractivity contribution in [2.45, 2.75) is 32.1 Å². The Morgan fingerprint density at radius 3 is 2.14 bits per heavy atom. The number of nitrogens with one attached hydrogen (secondary N) is 1. The maximum atomic E-state index is 12.1. The second-order valence-corrected chi connectivity index (χ2v) is 4.92. The Kier molecular flexibility index (Phi) is 7.81. The number of carboxylic acid groups (broad SMARTS) is 1. The summed E-state index contributed by atoms with van der Waals surface area (Å²) in [4.78, 5) is 22.4. The zero-order chi connectivity index (χ0) is 16.4. The lowest BCUT2D eigenvalue weighted by atomic mass is 10.1. The number of carbonyl (C=O) groups is 2. The second-order valence-electron chi connectivity index (χ2n) is 4.92. The Hall–Kier alpha value is -2.24. The van der Waals surface area contributed by atoms with E-state index < -0.39 is 5.97 Å². The van der Waals surface area contributed by atoms with Crippen LogP contribution in [0.1, 0.15) is 42.5 Å². The summed E-state index contributed by atoms with van der Waals surface area (Å²) < 4.78 is 10.3. The van der Waals surface area contributed by atoms with E-state index in [4.69, 9.17) is 14.6 Å². The molecule has 0 aliphatic heterocycles. The highest BCUT2D eigenvalue weighted by Crippen LogP contribution is 2.22. The third-order valence-electron chi connectivity index (χ3n) is 3.22. The van der Waals surface area contributed by atoms with Crippen LogP contribution in [0.3, 0.4) is 0 Å². The molecule has 1 amide bonds. The van der Waals surface area contributed by atoms with Crippen molar-refractivity contribution in [3.05, 3.63) is 23.8 Å². The maximum absolute atomic E-state index is 12.1. The van der Waals surface area contributed by atoms with Gasteiger partial charge in [0, 0.05) is 24.6 Å². The molecule has 6 nitrogen and oxygen atoms in total. The predicted octanol–water partition coefficient (Wildman–Crippen LogP) is 2.47. The van der Waals surface area contributed by atoms with Gasteiger partial charge in [0.2, 0.25) is 0 Å². The van der Waals surface area contributed by atoms with Crippen molar-refractivity contribution in [1.82, 2.24) is 5.32 Å². The van der Waals surface area contributed by atoms with Crippen molar-refractivity contribution < 1.29 is 24.2 Å². The van der Waals surface area contributed by atoms with E-state index in [1.54, 1.807) is 18.2 Å². The van der Waals surface area contributed by atoms with Gasteiger partial charge in [-0.1, -0.05) is 12.8 Å². The number of unbranched alkanes of at least 4 members (excludes halogenated alkanes) is 3. The van der Waals surface area contributed by atoms with Gasteiger partial charge in [-0.3, -0.25) is 9.59 Å². The molecular weight excluding hydrogens is 286 g/mol. The Labute approximate surface area is 130 Å². The van der Waals surface area contributed by atoms with Gasteiger partial charge in [0.05, 0.1) is 14.2 Å². The van der Waals surface area contributed by atoms with E-state index in [1.165, 1.54) is 14.2 Å². The molecule has 0 atom stereocenters. The third-order valence-corrected chi connectivity index (χ3v) is 3.22. The topological polar surface area (TPSA) is 84.9 Å². The number of rotatable bonds is 10. The smallest absolute Gasteiger partial charge is 0.303 e. The Bertz CT molecular complexity index is 479. The molecule has 0 bridgehead atoms. The molecule has 0 aliphatic rings. The molecule has 1 aromatic rings. The summed E-state index contributed by atoms with van der Waals surface area (Å²) in [6.45, 7) is 0.561. The molecule has 0 saturated carbocycles. The Balaban J connectivity index is 2.34. The summed E-state index contributed by atoms with van der Waals surface area (Å²) >= 11 is 0. The fraction of sp³-hybridized carbons (Fsp3) is 0.500. The molecule has 0 radical (unpaired) electrons. The SMILES string of the molecule is COc1cc(OC)cc(C(=O)NCCCCCCC(=O)O)c1. The molecule has 2 N–H and O–H groups in total. The molecule has 0 unspecified atom stereocenters. The van der Waals surface area contributed by atoms with Crippen molar-refractivity contribution >= 4 is 11.9 Å². The number of carbonyl (C=O) groups excluding carboxylic acids is 1. The number of methoxy groups -OCH3 is 2. The molecule has 0 saturated heterocycles. The highest BCUT2D eigenvalue weighted by atomic mass is 16.5. The molecule has 0 aliphatic carbocycles. The van der Waals surface area contributed by atoms with E-state index in [-0.39, 0.29) is 12.3 Å². The minimum absolute atomic E-state index is 0.178. The van der Waals surface area contributed by atoms with Gasteiger partial charge < -0.3 is 19.9 Å². The van der Waals surface area contributed by atoms with Crippen molar-refractivity contribution in [3.8, 4) is 11.5 Å². The number of hydrogen-bond acceptors (Lipinski definition) is 4. The van der Waals surface area contributed by atoms with Gasteiger partial charge in [0.15, 0.2) is 0 Å². The average molecular weight is 309 g/mol. The number of hydrogen-bond donors (Lipinski definition) is 2. The van der Waals surface area contributed by atoms with Gasteiger partial charge >= 0.3 is 5.97 Å². The second kappa shape index (κ2) is 9.65. The summed E-state index contributed by atoms with van der Waals surface area (Å²) in [5.41, 5.74) is 0.488. The third kappa shape index (κ3) is 6.47. The number of ether oxygens (including phenoxy) is 2. The van der Waals surface area contributed by atoms with E-state index in [0.29, 0.717) is 30.0 Å². The number of carboxylic acids is 1. The molecule has 0 aromatic heterocycles. The van der Waals surface area contributed by atoms with Gasteiger partial charge in [0.1, 0.15) is 11.5 Å². The van der Waals surface area contributed by atoms with Crippen LogP contribution >= 0.6 is 0 Å². The van der Waals surface area contributed by atoms with E-state index in [1.807, 2.05) is 0 Å². The van der Waals surface area contributed by atoms with Gasteiger partial charge in [-0.05, 0) is 25.0 Å². The van der Waals surface area contributed by atoms with Crippen LogP contribution in [0, 0.1) is 0 Å². The van der Waals surface area contributed by atoms with Crippen LogP contribution < -0.4 is 14.8 Å². The van der Waals surface area contributed by atoms with Crippen LogP contribution in [0.4, 0.5) is 0 Å².